The smallest absolute Gasteiger partial charge is 0.310 e. The van der Waals surface area contributed by atoms with E-state index in [0.717, 1.165) is 5.56 Å². The summed E-state index contributed by atoms with van der Waals surface area (Å²) in [5, 5.41) is 11.7. The maximum absolute atomic E-state index is 11.9. The van der Waals surface area contributed by atoms with Crippen molar-refractivity contribution in [2.45, 2.75) is 19.4 Å². The first kappa shape index (κ1) is 12.4. The summed E-state index contributed by atoms with van der Waals surface area (Å²) >= 11 is 0. The molecular weight excluding hydrogens is 230 g/mol. The predicted octanol–water partition coefficient (Wildman–Crippen LogP) is 1.75. The standard InChI is InChI=1S/C14H15NO3/c1-9-3-2-4-10(7-9)13(16)15-12-6-5-11(8-12)14(17)18/h2-7,11-12H,8H2,1H3,(H,15,16)(H,17,18). The van der Waals surface area contributed by atoms with E-state index < -0.39 is 11.9 Å². The number of hydrogen-bond donors (Lipinski definition) is 2. The third kappa shape index (κ3) is 2.77. The zero-order valence-corrected chi connectivity index (χ0v) is 10.1. The number of carboxylic acid groups (broad SMARTS) is 1. The van der Waals surface area contributed by atoms with Crippen molar-refractivity contribution in [1.82, 2.24) is 5.32 Å². The van der Waals surface area contributed by atoms with Crippen LogP contribution in [0.5, 0.6) is 0 Å². The fourth-order valence-electron chi connectivity index (χ4n) is 2.03. The summed E-state index contributed by atoms with van der Waals surface area (Å²) in [5.41, 5.74) is 1.62. The van der Waals surface area contributed by atoms with Crippen LogP contribution in [0.25, 0.3) is 0 Å². The molecule has 0 bridgehead atoms. The lowest BCUT2D eigenvalue weighted by molar-refractivity contribution is -0.140. The average molecular weight is 245 g/mol. The van der Waals surface area contributed by atoms with Gasteiger partial charge in [0, 0.05) is 11.6 Å². The van der Waals surface area contributed by atoms with Gasteiger partial charge in [0.25, 0.3) is 5.91 Å². The highest BCUT2D eigenvalue weighted by Gasteiger charge is 2.25. The average Bonchev–Trinajstić information content (AvgIpc) is 2.77. The number of carbonyl (C=O) groups is 2. The molecule has 2 unspecified atom stereocenters. The van der Waals surface area contributed by atoms with Gasteiger partial charge in [0.15, 0.2) is 0 Å². The Morgan fingerprint density at radius 1 is 1.33 bits per heavy atom. The molecule has 0 saturated carbocycles. The molecule has 4 nitrogen and oxygen atoms in total. The van der Waals surface area contributed by atoms with E-state index in [1.54, 1.807) is 18.2 Å². The molecule has 0 aromatic heterocycles. The number of carbonyl (C=O) groups excluding carboxylic acids is 1. The van der Waals surface area contributed by atoms with Gasteiger partial charge in [-0.3, -0.25) is 9.59 Å². The monoisotopic (exact) mass is 245 g/mol. The molecule has 0 spiro atoms. The molecule has 2 atom stereocenters. The lowest BCUT2D eigenvalue weighted by Crippen LogP contribution is -2.33. The van der Waals surface area contributed by atoms with Crippen LogP contribution in [0.4, 0.5) is 0 Å². The van der Waals surface area contributed by atoms with E-state index in [1.165, 1.54) is 0 Å². The Hall–Kier alpha value is -2.10. The summed E-state index contributed by atoms with van der Waals surface area (Å²) in [4.78, 5) is 22.7. The molecule has 18 heavy (non-hydrogen) atoms. The van der Waals surface area contributed by atoms with Crippen molar-refractivity contribution in [3.63, 3.8) is 0 Å². The van der Waals surface area contributed by atoms with Gasteiger partial charge >= 0.3 is 5.97 Å². The largest absolute Gasteiger partial charge is 0.481 e. The number of carboxylic acids is 1. The molecule has 1 aromatic carbocycles. The second kappa shape index (κ2) is 5.04. The second-order valence-electron chi connectivity index (χ2n) is 4.51. The molecule has 1 amide bonds. The first-order chi connectivity index (χ1) is 8.56. The highest BCUT2D eigenvalue weighted by atomic mass is 16.4. The van der Waals surface area contributed by atoms with E-state index in [-0.39, 0.29) is 11.9 Å². The van der Waals surface area contributed by atoms with Gasteiger partial charge in [-0.05, 0) is 25.5 Å². The quantitative estimate of drug-likeness (QED) is 0.797. The molecule has 0 radical (unpaired) electrons. The van der Waals surface area contributed by atoms with Gasteiger partial charge in [-0.1, -0.05) is 29.8 Å². The van der Waals surface area contributed by atoms with E-state index in [2.05, 4.69) is 5.32 Å². The summed E-state index contributed by atoms with van der Waals surface area (Å²) in [6, 6.07) is 7.11. The molecule has 0 fully saturated rings. The molecule has 1 aliphatic rings. The minimum atomic E-state index is -0.849. The van der Waals surface area contributed by atoms with Crippen LogP contribution in [0.2, 0.25) is 0 Å². The number of benzene rings is 1. The van der Waals surface area contributed by atoms with E-state index in [9.17, 15) is 9.59 Å². The van der Waals surface area contributed by atoms with Crippen molar-refractivity contribution >= 4 is 11.9 Å². The number of aliphatic carboxylic acids is 1. The maximum Gasteiger partial charge on any atom is 0.310 e. The van der Waals surface area contributed by atoms with Crippen LogP contribution in [0.3, 0.4) is 0 Å². The molecule has 1 aromatic rings. The molecule has 1 aliphatic carbocycles. The highest BCUT2D eigenvalue weighted by molar-refractivity contribution is 5.94. The van der Waals surface area contributed by atoms with Crippen LogP contribution >= 0.6 is 0 Å². The van der Waals surface area contributed by atoms with E-state index in [1.807, 2.05) is 25.1 Å². The Balaban J connectivity index is 1.97. The fraction of sp³-hybridized carbons (Fsp3) is 0.286. The molecular formula is C14H15NO3. The van der Waals surface area contributed by atoms with E-state index in [0.29, 0.717) is 12.0 Å². The molecule has 94 valence electrons. The van der Waals surface area contributed by atoms with Gasteiger partial charge < -0.3 is 10.4 Å². The Kier molecular flexibility index (Phi) is 3.46. The summed E-state index contributed by atoms with van der Waals surface area (Å²) in [7, 11) is 0. The Morgan fingerprint density at radius 2 is 2.11 bits per heavy atom. The van der Waals surface area contributed by atoms with Crippen LogP contribution in [-0.4, -0.2) is 23.0 Å². The van der Waals surface area contributed by atoms with Crippen LogP contribution < -0.4 is 5.32 Å². The molecule has 0 saturated heterocycles. The Morgan fingerprint density at radius 3 is 2.72 bits per heavy atom. The van der Waals surface area contributed by atoms with E-state index >= 15 is 0 Å². The SMILES string of the molecule is Cc1cccc(C(=O)NC2C=CC(C(=O)O)C2)c1. The third-order valence-electron chi connectivity index (χ3n) is 3.00. The summed E-state index contributed by atoms with van der Waals surface area (Å²) in [6.45, 7) is 1.92. The van der Waals surface area contributed by atoms with Gasteiger partial charge in [-0.25, -0.2) is 0 Å². The lowest BCUT2D eigenvalue weighted by atomic mass is 10.1. The Labute approximate surface area is 105 Å². The lowest BCUT2D eigenvalue weighted by Gasteiger charge is -2.12. The molecule has 2 rings (SSSR count). The van der Waals surface area contributed by atoms with Crippen molar-refractivity contribution < 1.29 is 14.7 Å². The van der Waals surface area contributed by atoms with Crippen molar-refractivity contribution in [3.8, 4) is 0 Å². The number of nitrogens with one attached hydrogen (secondary N) is 1. The molecule has 0 aliphatic heterocycles. The highest BCUT2D eigenvalue weighted by Crippen LogP contribution is 2.18. The van der Waals surface area contributed by atoms with Gasteiger partial charge in [0.1, 0.15) is 0 Å². The molecule has 0 heterocycles. The first-order valence-electron chi connectivity index (χ1n) is 5.85. The van der Waals surface area contributed by atoms with Crippen molar-refractivity contribution in [1.29, 1.82) is 0 Å². The fourth-order valence-corrected chi connectivity index (χ4v) is 2.03. The first-order valence-corrected chi connectivity index (χ1v) is 5.85. The maximum atomic E-state index is 11.9. The topological polar surface area (TPSA) is 66.4 Å². The minimum absolute atomic E-state index is 0.167. The zero-order chi connectivity index (χ0) is 13.1. The number of amides is 1. The van der Waals surface area contributed by atoms with Crippen molar-refractivity contribution in [2.75, 3.05) is 0 Å². The summed E-state index contributed by atoms with van der Waals surface area (Å²) in [5.74, 6) is -1.51. The normalized spacial score (nSPS) is 21.8. The minimum Gasteiger partial charge on any atom is -0.481 e. The van der Waals surface area contributed by atoms with E-state index in [4.69, 9.17) is 5.11 Å². The Bertz CT molecular complexity index is 508. The summed E-state index contributed by atoms with van der Waals surface area (Å²) < 4.78 is 0. The van der Waals surface area contributed by atoms with Gasteiger partial charge in [0.05, 0.1) is 5.92 Å². The number of aryl methyl sites for hydroxylation is 1. The van der Waals surface area contributed by atoms with Gasteiger partial charge in [0.2, 0.25) is 0 Å². The predicted molar refractivity (Wildman–Crippen MR) is 67.3 cm³/mol. The van der Waals surface area contributed by atoms with Crippen LogP contribution in [0, 0.1) is 12.8 Å². The van der Waals surface area contributed by atoms with Crippen molar-refractivity contribution in [3.05, 3.63) is 47.5 Å². The van der Waals surface area contributed by atoms with Crippen molar-refractivity contribution in [2.24, 2.45) is 5.92 Å². The molecule has 4 heteroatoms. The second-order valence-corrected chi connectivity index (χ2v) is 4.51. The number of hydrogen-bond acceptors (Lipinski definition) is 2. The van der Waals surface area contributed by atoms with Gasteiger partial charge in [-0.15, -0.1) is 0 Å². The zero-order valence-electron chi connectivity index (χ0n) is 10.1. The van der Waals surface area contributed by atoms with Crippen LogP contribution in [-0.2, 0) is 4.79 Å². The molecule has 2 N–H and O–H groups in total. The van der Waals surface area contributed by atoms with Crippen LogP contribution in [0.15, 0.2) is 36.4 Å². The number of rotatable bonds is 3. The summed E-state index contributed by atoms with van der Waals surface area (Å²) in [6.07, 6.45) is 3.79. The van der Waals surface area contributed by atoms with Crippen LogP contribution in [0.1, 0.15) is 22.3 Å². The third-order valence-corrected chi connectivity index (χ3v) is 3.00. The van der Waals surface area contributed by atoms with Gasteiger partial charge in [-0.2, -0.15) is 0 Å².